The number of thiophene rings is 1. The molecular formula is C15H13ClN2O3S. The molecule has 1 aliphatic carbocycles. The molecule has 22 heavy (non-hydrogen) atoms. The highest BCUT2D eigenvalue weighted by molar-refractivity contribution is 7.19. The van der Waals surface area contributed by atoms with E-state index in [0.717, 1.165) is 15.0 Å². The Morgan fingerprint density at radius 3 is 2.77 bits per heavy atom. The molecule has 2 N–H and O–H groups in total. The lowest BCUT2D eigenvalue weighted by Crippen LogP contribution is -2.59. The number of hydrogen-bond acceptors (Lipinski definition) is 4. The first-order valence-electron chi connectivity index (χ1n) is 6.98. The Morgan fingerprint density at radius 1 is 1.36 bits per heavy atom. The smallest absolute Gasteiger partial charge is 0.325 e. The number of amides is 3. The molecule has 3 amide bonds. The Labute approximate surface area is 135 Å². The Bertz CT molecular complexity index is 797. The standard InChI is InChI=1S/C15H13ClN2O3S/c16-12-9-3-1-2-4-10(9)22-11(12)7-18-13(20)15(17-14(18)21)5-8(19)6-15/h1-4,8,19H,5-7H2,(H,17,21). The Kier molecular flexibility index (Phi) is 2.98. The fraction of sp³-hybridized carbons (Fsp3) is 0.333. The average Bonchev–Trinajstić information content (AvgIpc) is 2.90. The number of imide groups is 1. The van der Waals surface area contributed by atoms with Crippen molar-refractivity contribution in [2.24, 2.45) is 0 Å². The van der Waals surface area contributed by atoms with E-state index >= 15 is 0 Å². The molecule has 1 aromatic carbocycles. The van der Waals surface area contributed by atoms with Gasteiger partial charge in [-0.1, -0.05) is 29.8 Å². The van der Waals surface area contributed by atoms with Gasteiger partial charge in [0.1, 0.15) is 5.54 Å². The summed E-state index contributed by atoms with van der Waals surface area (Å²) >= 11 is 7.86. The lowest BCUT2D eigenvalue weighted by Gasteiger charge is -2.39. The third-order valence-electron chi connectivity index (χ3n) is 4.32. The molecule has 4 rings (SSSR count). The van der Waals surface area contributed by atoms with Gasteiger partial charge >= 0.3 is 6.03 Å². The predicted molar refractivity (Wildman–Crippen MR) is 83.9 cm³/mol. The molecule has 1 aliphatic heterocycles. The number of urea groups is 1. The molecule has 0 radical (unpaired) electrons. The van der Waals surface area contributed by atoms with E-state index in [1.807, 2.05) is 24.3 Å². The second kappa shape index (κ2) is 4.68. The third kappa shape index (κ3) is 1.87. The number of benzene rings is 1. The van der Waals surface area contributed by atoms with Crippen LogP contribution >= 0.6 is 22.9 Å². The van der Waals surface area contributed by atoms with Crippen molar-refractivity contribution in [2.75, 3.05) is 0 Å². The fourth-order valence-corrected chi connectivity index (χ4v) is 4.63. The van der Waals surface area contributed by atoms with Crippen LogP contribution in [0.25, 0.3) is 10.1 Å². The molecule has 0 bridgehead atoms. The van der Waals surface area contributed by atoms with Gasteiger partial charge in [0.2, 0.25) is 0 Å². The van der Waals surface area contributed by atoms with Crippen molar-refractivity contribution < 1.29 is 14.7 Å². The van der Waals surface area contributed by atoms with Gasteiger partial charge in [-0.2, -0.15) is 0 Å². The number of carbonyl (C=O) groups is 2. The fourth-order valence-electron chi connectivity index (χ4n) is 3.15. The summed E-state index contributed by atoms with van der Waals surface area (Å²) < 4.78 is 1.03. The molecule has 1 spiro atoms. The molecule has 1 aromatic heterocycles. The summed E-state index contributed by atoms with van der Waals surface area (Å²) in [6.45, 7) is 0.167. The number of fused-ring (bicyclic) bond motifs is 1. The van der Waals surface area contributed by atoms with E-state index in [0.29, 0.717) is 5.02 Å². The lowest BCUT2D eigenvalue weighted by molar-refractivity contribution is -0.139. The highest BCUT2D eigenvalue weighted by atomic mass is 35.5. The van der Waals surface area contributed by atoms with Gasteiger partial charge in [-0.15, -0.1) is 11.3 Å². The Hall–Kier alpha value is -1.63. The van der Waals surface area contributed by atoms with Crippen LogP contribution < -0.4 is 5.32 Å². The van der Waals surface area contributed by atoms with Gasteiger partial charge < -0.3 is 10.4 Å². The number of nitrogens with one attached hydrogen (secondary N) is 1. The van der Waals surface area contributed by atoms with E-state index in [1.54, 1.807) is 0 Å². The van der Waals surface area contributed by atoms with Gasteiger partial charge in [0.05, 0.1) is 17.7 Å². The monoisotopic (exact) mass is 336 g/mol. The van der Waals surface area contributed by atoms with Crippen molar-refractivity contribution in [2.45, 2.75) is 31.0 Å². The normalized spacial score (nSPS) is 27.5. The van der Waals surface area contributed by atoms with E-state index in [9.17, 15) is 14.7 Å². The van der Waals surface area contributed by atoms with Crippen LogP contribution in [0.15, 0.2) is 24.3 Å². The maximum absolute atomic E-state index is 12.5. The van der Waals surface area contributed by atoms with Gasteiger partial charge in [0.15, 0.2) is 0 Å². The van der Waals surface area contributed by atoms with Crippen molar-refractivity contribution in [1.82, 2.24) is 10.2 Å². The number of aliphatic hydroxyl groups is 1. The van der Waals surface area contributed by atoms with Crippen LogP contribution in [0.3, 0.4) is 0 Å². The zero-order valence-corrected chi connectivity index (χ0v) is 13.1. The minimum Gasteiger partial charge on any atom is -0.393 e. The first kappa shape index (κ1) is 14.0. The topological polar surface area (TPSA) is 69.6 Å². The highest BCUT2D eigenvalue weighted by Gasteiger charge is 2.58. The van der Waals surface area contributed by atoms with Crippen LogP contribution in [0.5, 0.6) is 0 Å². The van der Waals surface area contributed by atoms with E-state index in [2.05, 4.69) is 5.32 Å². The number of halogens is 1. The molecule has 5 nitrogen and oxygen atoms in total. The molecule has 7 heteroatoms. The van der Waals surface area contributed by atoms with Crippen LogP contribution in [-0.4, -0.2) is 33.6 Å². The van der Waals surface area contributed by atoms with Crippen LogP contribution in [0, 0.1) is 0 Å². The van der Waals surface area contributed by atoms with Crippen molar-refractivity contribution in [3.8, 4) is 0 Å². The van der Waals surface area contributed by atoms with Crippen molar-refractivity contribution >= 4 is 45.0 Å². The van der Waals surface area contributed by atoms with Crippen molar-refractivity contribution in [1.29, 1.82) is 0 Å². The average molecular weight is 337 g/mol. The first-order valence-corrected chi connectivity index (χ1v) is 8.18. The van der Waals surface area contributed by atoms with Gasteiger partial charge in [-0.25, -0.2) is 4.79 Å². The molecule has 114 valence electrons. The van der Waals surface area contributed by atoms with E-state index in [-0.39, 0.29) is 25.3 Å². The number of aliphatic hydroxyl groups excluding tert-OH is 1. The van der Waals surface area contributed by atoms with Crippen LogP contribution in [-0.2, 0) is 11.3 Å². The Morgan fingerprint density at radius 2 is 2.09 bits per heavy atom. The summed E-state index contributed by atoms with van der Waals surface area (Å²) in [5.41, 5.74) is -0.903. The zero-order valence-electron chi connectivity index (χ0n) is 11.5. The summed E-state index contributed by atoms with van der Waals surface area (Å²) in [5.74, 6) is -0.267. The quantitative estimate of drug-likeness (QED) is 0.828. The molecule has 2 fully saturated rings. The third-order valence-corrected chi connectivity index (χ3v) is 6.02. The molecule has 2 heterocycles. The summed E-state index contributed by atoms with van der Waals surface area (Å²) in [6, 6.07) is 7.31. The molecular weight excluding hydrogens is 324 g/mol. The molecule has 0 atom stereocenters. The molecule has 1 saturated carbocycles. The van der Waals surface area contributed by atoms with E-state index in [1.165, 1.54) is 16.2 Å². The lowest BCUT2D eigenvalue weighted by atomic mass is 9.74. The molecule has 2 aliphatic rings. The molecule has 2 aromatic rings. The van der Waals surface area contributed by atoms with E-state index < -0.39 is 17.7 Å². The molecule has 1 saturated heterocycles. The SMILES string of the molecule is O=C1NC2(CC(O)C2)C(=O)N1Cc1sc2ccccc2c1Cl. The predicted octanol–water partition coefficient (Wildman–Crippen LogP) is 2.50. The second-order valence-electron chi connectivity index (χ2n) is 5.80. The van der Waals surface area contributed by atoms with Gasteiger partial charge in [-0.05, 0) is 6.07 Å². The minimum absolute atomic E-state index is 0.167. The minimum atomic E-state index is -0.903. The van der Waals surface area contributed by atoms with Crippen LogP contribution in [0.1, 0.15) is 17.7 Å². The maximum atomic E-state index is 12.5. The number of carbonyl (C=O) groups excluding carboxylic acids is 2. The van der Waals surface area contributed by atoms with Crippen LogP contribution in [0.4, 0.5) is 4.79 Å². The second-order valence-corrected chi connectivity index (χ2v) is 7.32. The summed E-state index contributed by atoms with van der Waals surface area (Å²) in [5, 5.41) is 13.7. The first-order chi connectivity index (χ1) is 10.5. The maximum Gasteiger partial charge on any atom is 0.325 e. The van der Waals surface area contributed by atoms with Gasteiger partial charge in [0.25, 0.3) is 5.91 Å². The number of nitrogens with zero attached hydrogens (tertiary/aromatic N) is 1. The highest BCUT2D eigenvalue weighted by Crippen LogP contribution is 2.40. The Balaban J connectivity index is 1.64. The largest absolute Gasteiger partial charge is 0.393 e. The zero-order chi connectivity index (χ0) is 15.5. The molecule has 0 unspecified atom stereocenters. The number of hydrogen-bond donors (Lipinski definition) is 2. The van der Waals surface area contributed by atoms with Crippen molar-refractivity contribution in [3.05, 3.63) is 34.2 Å². The van der Waals surface area contributed by atoms with Gasteiger partial charge in [-0.3, -0.25) is 9.69 Å². The summed E-state index contributed by atoms with van der Waals surface area (Å²) in [6.07, 6.45) is 0.0553. The van der Waals surface area contributed by atoms with E-state index in [4.69, 9.17) is 11.6 Å². The summed E-state index contributed by atoms with van der Waals surface area (Å²) in [4.78, 5) is 26.6. The van der Waals surface area contributed by atoms with Crippen LogP contribution in [0.2, 0.25) is 5.02 Å². The summed E-state index contributed by atoms with van der Waals surface area (Å²) in [7, 11) is 0. The van der Waals surface area contributed by atoms with Crippen molar-refractivity contribution in [3.63, 3.8) is 0 Å². The number of rotatable bonds is 2. The van der Waals surface area contributed by atoms with Gasteiger partial charge in [0, 0.05) is 27.8 Å².